The van der Waals surface area contributed by atoms with Gasteiger partial charge in [-0.05, 0) is 37.2 Å². The SMILES string of the molecule is CCCN(CC)C(CN)c1ccc(OC)c(OC)c1. The standard InChI is InChI=1S/C15H26N2O2/c1-5-9-17(6-2)13(11-16)12-7-8-14(18-3)15(10-12)19-4/h7-8,10,13H,5-6,9,11,16H2,1-4H3. The fourth-order valence-electron chi connectivity index (χ4n) is 2.38. The van der Waals surface area contributed by atoms with E-state index in [1.54, 1.807) is 14.2 Å². The molecule has 0 saturated heterocycles. The van der Waals surface area contributed by atoms with Crippen LogP contribution in [0.4, 0.5) is 0 Å². The Balaban J connectivity index is 3.03. The first-order valence-electron chi connectivity index (χ1n) is 6.87. The number of benzene rings is 1. The second-order valence-corrected chi connectivity index (χ2v) is 4.49. The van der Waals surface area contributed by atoms with Gasteiger partial charge in [0.25, 0.3) is 0 Å². The minimum absolute atomic E-state index is 0.227. The van der Waals surface area contributed by atoms with E-state index in [1.807, 2.05) is 12.1 Å². The summed E-state index contributed by atoms with van der Waals surface area (Å²) >= 11 is 0. The van der Waals surface area contributed by atoms with E-state index in [2.05, 4.69) is 24.8 Å². The zero-order valence-electron chi connectivity index (χ0n) is 12.5. The Labute approximate surface area is 116 Å². The van der Waals surface area contributed by atoms with Crippen molar-refractivity contribution in [3.63, 3.8) is 0 Å². The predicted molar refractivity (Wildman–Crippen MR) is 78.9 cm³/mol. The van der Waals surface area contributed by atoms with Crippen molar-refractivity contribution in [3.05, 3.63) is 23.8 Å². The molecule has 1 atom stereocenters. The summed E-state index contributed by atoms with van der Waals surface area (Å²) in [6, 6.07) is 6.26. The van der Waals surface area contributed by atoms with Crippen molar-refractivity contribution in [2.24, 2.45) is 5.73 Å². The molecular weight excluding hydrogens is 240 g/mol. The molecule has 1 aromatic rings. The van der Waals surface area contributed by atoms with Crippen molar-refractivity contribution >= 4 is 0 Å². The first-order valence-corrected chi connectivity index (χ1v) is 6.87. The highest BCUT2D eigenvalue weighted by Gasteiger charge is 2.18. The number of ether oxygens (including phenoxy) is 2. The van der Waals surface area contributed by atoms with Gasteiger partial charge in [-0.3, -0.25) is 4.90 Å². The third-order valence-corrected chi connectivity index (χ3v) is 3.37. The minimum Gasteiger partial charge on any atom is -0.493 e. The summed E-state index contributed by atoms with van der Waals surface area (Å²) < 4.78 is 10.6. The average molecular weight is 266 g/mol. The van der Waals surface area contributed by atoms with Crippen LogP contribution in [0.15, 0.2) is 18.2 Å². The van der Waals surface area contributed by atoms with Gasteiger partial charge in [0.1, 0.15) is 0 Å². The summed E-state index contributed by atoms with van der Waals surface area (Å²) in [6.45, 7) is 6.99. The fraction of sp³-hybridized carbons (Fsp3) is 0.600. The van der Waals surface area contributed by atoms with Crippen molar-refractivity contribution in [2.45, 2.75) is 26.3 Å². The Morgan fingerprint density at radius 2 is 1.84 bits per heavy atom. The van der Waals surface area contributed by atoms with Crippen LogP contribution in [0.5, 0.6) is 11.5 Å². The number of nitrogens with zero attached hydrogens (tertiary/aromatic N) is 1. The largest absolute Gasteiger partial charge is 0.493 e. The van der Waals surface area contributed by atoms with E-state index in [1.165, 1.54) is 5.56 Å². The van der Waals surface area contributed by atoms with Crippen molar-refractivity contribution < 1.29 is 9.47 Å². The normalized spacial score (nSPS) is 12.5. The van der Waals surface area contributed by atoms with Crippen molar-refractivity contribution in [2.75, 3.05) is 33.9 Å². The van der Waals surface area contributed by atoms with E-state index in [4.69, 9.17) is 15.2 Å². The van der Waals surface area contributed by atoms with Gasteiger partial charge in [0, 0.05) is 12.6 Å². The number of hydrogen-bond acceptors (Lipinski definition) is 4. The highest BCUT2D eigenvalue weighted by atomic mass is 16.5. The summed E-state index contributed by atoms with van der Waals surface area (Å²) in [5.41, 5.74) is 7.14. The van der Waals surface area contributed by atoms with Crippen molar-refractivity contribution in [3.8, 4) is 11.5 Å². The number of hydrogen-bond donors (Lipinski definition) is 1. The van der Waals surface area contributed by atoms with Gasteiger partial charge in [-0.1, -0.05) is 19.9 Å². The lowest BCUT2D eigenvalue weighted by Crippen LogP contribution is -2.34. The van der Waals surface area contributed by atoms with Gasteiger partial charge in [0.15, 0.2) is 11.5 Å². The van der Waals surface area contributed by atoms with E-state index >= 15 is 0 Å². The van der Waals surface area contributed by atoms with Gasteiger partial charge in [0.2, 0.25) is 0 Å². The highest BCUT2D eigenvalue weighted by molar-refractivity contribution is 5.43. The summed E-state index contributed by atoms with van der Waals surface area (Å²) in [6.07, 6.45) is 1.12. The molecule has 19 heavy (non-hydrogen) atoms. The molecule has 0 spiro atoms. The van der Waals surface area contributed by atoms with Crippen LogP contribution in [0.3, 0.4) is 0 Å². The molecule has 4 nitrogen and oxygen atoms in total. The van der Waals surface area contributed by atoms with E-state index in [0.29, 0.717) is 6.54 Å². The minimum atomic E-state index is 0.227. The molecule has 0 amide bonds. The van der Waals surface area contributed by atoms with Gasteiger partial charge in [-0.2, -0.15) is 0 Å². The van der Waals surface area contributed by atoms with Crippen LogP contribution in [-0.2, 0) is 0 Å². The first kappa shape index (κ1) is 15.8. The lowest BCUT2D eigenvalue weighted by Gasteiger charge is -2.30. The second kappa shape index (κ2) is 8.02. The first-order chi connectivity index (χ1) is 9.21. The molecule has 4 heteroatoms. The third kappa shape index (κ3) is 3.85. The van der Waals surface area contributed by atoms with Crippen LogP contribution in [-0.4, -0.2) is 38.8 Å². The molecule has 0 heterocycles. The van der Waals surface area contributed by atoms with Crippen LogP contribution in [0.2, 0.25) is 0 Å². The van der Waals surface area contributed by atoms with Crippen LogP contribution < -0.4 is 15.2 Å². The molecule has 0 bridgehead atoms. The average Bonchev–Trinajstić information content (AvgIpc) is 2.46. The summed E-state index contributed by atoms with van der Waals surface area (Å²) in [4.78, 5) is 2.39. The van der Waals surface area contributed by atoms with E-state index in [-0.39, 0.29) is 6.04 Å². The summed E-state index contributed by atoms with van der Waals surface area (Å²) in [7, 11) is 3.30. The van der Waals surface area contributed by atoms with E-state index in [9.17, 15) is 0 Å². The Morgan fingerprint density at radius 3 is 2.32 bits per heavy atom. The molecule has 0 aromatic heterocycles. The monoisotopic (exact) mass is 266 g/mol. The number of rotatable bonds is 8. The second-order valence-electron chi connectivity index (χ2n) is 4.49. The van der Waals surface area contributed by atoms with Crippen LogP contribution >= 0.6 is 0 Å². The third-order valence-electron chi connectivity index (χ3n) is 3.37. The molecule has 0 aliphatic carbocycles. The molecule has 108 valence electrons. The van der Waals surface area contributed by atoms with Gasteiger partial charge in [0.05, 0.1) is 14.2 Å². The molecule has 2 N–H and O–H groups in total. The lowest BCUT2D eigenvalue weighted by molar-refractivity contribution is 0.212. The maximum Gasteiger partial charge on any atom is 0.161 e. The van der Waals surface area contributed by atoms with Crippen LogP contribution in [0.1, 0.15) is 31.9 Å². The van der Waals surface area contributed by atoms with Gasteiger partial charge in [-0.25, -0.2) is 0 Å². The molecular formula is C15H26N2O2. The number of likely N-dealkylation sites (N-methyl/N-ethyl adjacent to an activating group) is 1. The smallest absolute Gasteiger partial charge is 0.161 e. The molecule has 1 rings (SSSR count). The maximum absolute atomic E-state index is 5.96. The Bertz CT molecular complexity index is 382. The Hall–Kier alpha value is -1.26. The van der Waals surface area contributed by atoms with Gasteiger partial charge >= 0.3 is 0 Å². The molecule has 0 aliphatic heterocycles. The topological polar surface area (TPSA) is 47.7 Å². The number of methoxy groups -OCH3 is 2. The van der Waals surface area contributed by atoms with Crippen LogP contribution in [0, 0.1) is 0 Å². The molecule has 0 saturated carbocycles. The van der Waals surface area contributed by atoms with E-state index < -0.39 is 0 Å². The van der Waals surface area contributed by atoms with Gasteiger partial charge < -0.3 is 15.2 Å². The fourth-order valence-corrected chi connectivity index (χ4v) is 2.38. The quantitative estimate of drug-likeness (QED) is 0.785. The molecule has 1 unspecified atom stereocenters. The van der Waals surface area contributed by atoms with E-state index in [0.717, 1.165) is 31.0 Å². The number of nitrogens with two attached hydrogens (primary N) is 1. The lowest BCUT2D eigenvalue weighted by atomic mass is 10.0. The van der Waals surface area contributed by atoms with Gasteiger partial charge in [-0.15, -0.1) is 0 Å². The zero-order chi connectivity index (χ0) is 14.3. The van der Waals surface area contributed by atoms with Crippen molar-refractivity contribution in [1.82, 2.24) is 4.90 Å². The summed E-state index contributed by atoms with van der Waals surface area (Å²) in [5.74, 6) is 1.51. The molecule has 0 radical (unpaired) electrons. The van der Waals surface area contributed by atoms with Crippen LogP contribution in [0.25, 0.3) is 0 Å². The Kier molecular flexibility index (Phi) is 6.67. The molecule has 1 aromatic carbocycles. The maximum atomic E-state index is 5.96. The summed E-state index contributed by atoms with van der Waals surface area (Å²) in [5, 5.41) is 0. The highest BCUT2D eigenvalue weighted by Crippen LogP contribution is 2.31. The zero-order valence-corrected chi connectivity index (χ0v) is 12.5. The Morgan fingerprint density at radius 1 is 1.16 bits per heavy atom. The van der Waals surface area contributed by atoms with Crippen molar-refractivity contribution in [1.29, 1.82) is 0 Å². The predicted octanol–water partition coefficient (Wildman–Crippen LogP) is 2.44. The molecule has 0 aliphatic rings. The molecule has 0 fully saturated rings.